The van der Waals surface area contributed by atoms with Gasteiger partial charge in [-0.3, -0.25) is 9.59 Å². The first-order valence-corrected chi connectivity index (χ1v) is 6.08. The summed E-state index contributed by atoms with van der Waals surface area (Å²) >= 11 is 0. The number of carbonyl (C=O) groups excluding carboxylic acids is 1. The molecule has 2 N–H and O–H groups in total. The lowest BCUT2D eigenvalue weighted by atomic mass is 10.2. The maximum atomic E-state index is 11.3. The molecule has 2 aliphatic rings. The summed E-state index contributed by atoms with van der Waals surface area (Å²) < 4.78 is 5.28. The van der Waals surface area contributed by atoms with E-state index in [2.05, 4.69) is 5.32 Å². The number of nitrogens with zero attached hydrogens (tertiary/aromatic N) is 1. The molecule has 1 amide bonds. The average Bonchev–Trinajstić information content (AvgIpc) is 3.17. The summed E-state index contributed by atoms with van der Waals surface area (Å²) in [5, 5.41) is 11.7. The highest BCUT2D eigenvalue weighted by molar-refractivity contribution is 5.96. The second kappa shape index (κ2) is 4.15. The van der Waals surface area contributed by atoms with E-state index in [1.807, 2.05) is 24.1 Å². The highest BCUT2D eigenvalue weighted by Gasteiger charge is 2.46. The van der Waals surface area contributed by atoms with Crippen LogP contribution in [0.15, 0.2) is 18.2 Å². The zero-order valence-corrected chi connectivity index (χ0v) is 10.4. The van der Waals surface area contributed by atoms with Gasteiger partial charge in [-0.1, -0.05) is 0 Å². The topological polar surface area (TPSA) is 78.9 Å². The lowest BCUT2D eigenvalue weighted by Gasteiger charge is -2.23. The Kier molecular flexibility index (Phi) is 2.58. The van der Waals surface area contributed by atoms with Crippen LogP contribution in [-0.4, -0.2) is 36.7 Å². The van der Waals surface area contributed by atoms with Gasteiger partial charge in [0.25, 0.3) is 5.91 Å². The van der Waals surface area contributed by atoms with Crippen molar-refractivity contribution in [2.24, 2.45) is 5.92 Å². The van der Waals surface area contributed by atoms with Crippen molar-refractivity contribution < 1.29 is 19.4 Å². The first-order chi connectivity index (χ1) is 9.06. The van der Waals surface area contributed by atoms with E-state index in [9.17, 15) is 9.59 Å². The number of anilines is 2. The predicted octanol–water partition coefficient (Wildman–Crippen LogP) is 0.927. The van der Waals surface area contributed by atoms with E-state index in [1.165, 1.54) is 0 Å². The van der Waals surface area contributed by atoms with E-state index in [0.29, 0.717) is 17.9 Å². The third-order valence-electron chi connectivity index (χ3n) is 3.57. The minimum atomic E-state index is -0.758. The van der Waals surface area contributed by atoms with Gasteiger partial charge in [0.1, 0.15) is 5.75 Å². The fourth-order valence-corrected chi connectivity index (χ4v) is 2.36. The van der Waals surface area contributed by atoms with Gasteiger partial charge in [-0.25, -0.2) is 0 Å². The number of aliphatic carboxylic acids is 1. The summed E-state index contributed by atoms with van der Waals surface area (Å²) in [5.41, 5.74) is 1.51. The fourth-order valence-electron chi connectivity index (χ4n) is 2.36. The van der Waals surface area contributed by atoms with Crippen LogP contribution in [0.1, 0.15) is 6.42 Å². The van der Waals surface area contributed by atoms with E-state index in [-0.39, 0.29) is 24.5 Å². The number of rotatable bonds is 3. The highest BCUT2D eigenvalue weighted by atomic mass is 16.5. The summed E-state index contributed by atoms with van der Waals surface area (Å²) in [6.07, 6.45) is 0.659. The van der Waals surface area contributed by atoms with E-state index in [4.69, 9.17) is 9.84 Å². The number of hydrogen-bond acceptors (Lipinski definition) is 4. The van der Waals surface area contributed by atoms with Crippen LogP contribution < -0.4 is 15.0 Å². The summed E-state index contributed by atoms with van der Waals surface area (Å²) in [4.78, 5) is 24.1. The fraction of sp³-hybridized carbons (Fsp3) is 0.385. The SMILES string of the molecule is CN(c1ccc2c(c1)NC(=O)CO2)C1CC1C(=O)O. The van der Waals surface area contributed by atoms with Crippen LogP contribution in [0, 0.1) is 5.92 Å². The quantitative estimate of drug-likeness (QED) is 0.847. The molecular weight excluding hydrogens is 248 g/mol. The molecule has 0 radical (unpaired) electrons. The van der Waals surface area contributed by atoms with Crippen molar-refractivity contribution in [1.29, 1.82) is 0 Å². The molecule has 2 unspecified atom stereocenters. The predicted molar refractivity (Wildman–Crippen MR) is 68.5 cm³/mol. The molecule has 1 aromatic carbocycles. The lowest BCUT2D eigenvalue weighted by Crippen LogP contribution is -2.27. The maximum absolute atomic E-state index is 11.3. The third kappa shape index (κ3) is 2.09. The van der Waals surface area contributed by atoms with Crippen molar-refractivity contribution in [3.63, 3.8) is 0 Å². The summed E-state index contributed by atoms with van der Waals surface area (Å²) in [6.45, 7) is 0.0336. The zero-order valence-electron chi connectivity index (χ0n) is 10.4. The van der Waals surface area contributed by atoms with Crippen molar-refractivity contribution in [2.45, 2.75) is 12.5 Å². The van der Waals surface area contributed by atoms with Crippen molar-refractivity contribution in [3.05, 3.63) is 18.2 Å². The molecule has 1 saturated carbocycles. The van der Waals surface area contributed by atoms with Gasteiger partial charge in [0.2, 0.25) is 0 Å². The standard InChI is InChI=1S/C13H14N2O4/c1-15(10-5-8(10)13(17)18)7-2-3-11-9(4-7)14-12(16)6-19-11/h2-4,8,10H,5-6H2,1H3,(H,14,16)(H,17,18). The van der Waals surface area contributed by atoms with Crippen LogP contribution in [0.5, 0.6) is 5.75 Å². The second-order valence-corrected chi connectivity index (χ2v) is 4.88. The molecule has 3 rings (SSSR count). The van der Waals surface area contributed by atoms with E-state index >= 15 is 0 Å². The number of ether oxygens (including phenoxy) is 1. The summed E-state index contributed by atoms with van der Waals surface area (Å²) in [7, 11) is 1.86. The molecule has 2 atom stereocenters. The molecule has 0 saturated heterocycles. The van der Waals surface area contributed by atoms with Crippen LogP contribution in [-0.2, 0) is 9.59 Å². The minimum absolute atomic E-state index is 0.0239. The molecule has 0 aromatic heterocycles. The molecule has 1 heterocycles. The van der Waals surface area contributed by atoms with Crippen molar-refractivity contribution in [2.75, 3.05) is 23.9 Å². The number of hydrogen-bond donors (Lipinski definition) is 2. The van der Waals surface area contributed by atoms with Gasteiger partial charge in [0, 0.05) is 18.8 Å². The first kappa shape index (κ1) is 11.8. The summed E-state index contributed by atoms with van der Waals surface area (Å²) in [6, 6.07) is 5.49. The number of carbonyl (C=O) groups is 2. The minimum Gasteiger partial charge on any atom is -0.482 e. The largest absolute Gasteiger partial charge is 0.482 e. The second-order valence-electron chi connectivity index (χ2n) is 4.88. The molecule has 1 fully saturated rings. The Bertz CT molecular complexity index is 558. The Morgan fingerprint density at radius 2 is 2.32 bits per heavy atom. The smallest absolute Gasteiger partial charge is 0.308 e. The first-order valence-electron chi connectivity index (χ1n) is 6.08. The van der Waals surface area contributed by atoms with Gasteiger partial charge >= 0.3 is 5.97 Å². The van der Waals surface area contributed by atoms with E-state index in [0.717, 1.165) is 5.69 Å². The Hall–Kier alpha value is -2.24. The number of benzene rings is 1. The Balaban J connectivity index is 1.80. The molecular formula is C13H14N2O4. The molecule has 1 aliphatic heterocycles. The van der Waals surface area contributed by atoms with Gasteiger partial charge in [0.05, 0.1) is 11.6 Å². The monoisotopic (exact) mass is 262 g/mol. The van der Waals surface area contributed by atoms with Gasteiger partial charge in [-0.2, -0.15) is 0 Å². The van der Waals surface area contributed by atoms with Crippen LogP contribution in [0.25, 0.3) is 0 Å². The van der Waals surface area contributed by atoms with Gasteiger partial charge in [-0.05, 0) is 24.6 Å². The Morgan fingerprint density at radius 3 is 3.00 bits per heavy atom. The maximum Gasteiger partial charge on any atom is 0.308 e. The molecule has 1 aliphatic carbocycles. The molecule has 0 spiro atoms. The molecule has 6 heteroatoms. The van der Waals surface area contributed by atoms with E-state index in [1.54, 1.807) is 6.07 Å². The molecule has 0 bridgehead atoms. The molecule has 6 nitrogen and oxygen atoms in total. The molecule has 100 valence electrons. The third-order valence-corrected chi connectivity index (χ3v) is 3.57. The highest BCUT2D eigenvalue weighted by Crippen LogP contribution is 2.40. The van der Waals surface area contributed by atoms with Crippen LogP contribution in [0.2, 0.25) is 0 Å². The van der Waals surface area contributed by atoms with Crippen molar-refractivity contribution in [3.8, 4) is 5.75 Å². The van der Waals surface area contributed by atoms with Crippen LogP contribution >= 0.6 is 0 Å². The van der Waals surface area contributed by atoms with Crippen molar-refractivity contribution >= 4 is 23.3 Å². The van der Waals surface area contributed by atoms with Crippen LogP contribution in [0.3, 0.4) is 0 Å². The molecule has 19 heavy (non-hydrogen) atoms. The zero-order chi connectivity index (χ0) is 13.6. The number of fused-ring (bicyclic) bond motifs is 1. The summed E-state index contributed by atoms with van der Waals surface area (Å²) in [5.74, 6) is -0.595. The van der Waals surface area contributed by atoms with Gasteiger partial charge in [-0.15, -0.1) is 0 Å². The van der Waals surface area contributed by atoms with Crippen LogP contribution in [0.4, 0.5) is 11.4 Å². The van der Waals surface area contributed by atoms with Gasteiger partial charge in [0.15, 0.2) is 6.61 Å². The average molecular weight is 262 g/mol. The normalized spacial score (nSPS) is 23.9. The molecule has 1 aromatic rings. The van der Waals surface area contributed by atoms with Gasteiger partial charge < -0.3 is 20.1 Å². The van der Waals surface area contributed by atoms with Crippen molar-refractivity contribution in [1.82, 2.24) is 0 Å². The van der Waals surface area contributed by atoms with E-state index < -0.39 is 5.97 Å². The number of nitrogens with one attached hydrogen (secondary N) is 1. The Morgan fingerprint density at radius 1 is 1.53 bits per heavy atom. The number of amides is 1. The lowest BCUT2D eigenvalue weighted by molar-refractivity contribution is -0.138. The Labute approximate surface area is 110 Å². The number of carboxylic acids is 1. The number of carboxylic acid groups (broad SMARTS) is 1.